The monoisotopic (exact) mass is 281 g/mol. The highest BCUT2D eigenvalue weighted by atomic mass is 16.4. The highest BCUT2D eigenvalue weighted by Crippen LogP contribution is 2.05. The van der Waals surface area contributed by atoms with E-state index in [9.17, 15) is 14.4 Å². The lowest BCUT2D eigenvalue weighted by atomic mass is 10.2. The molecule has 1 saturated heterocycles. The van der Waals surface area contributed by atoms with Crippen LogP contribution in [0.15, 0.2) is 12.4 Å². The van der Waals surface area contributed by atoms with Crippen LogP contribution in [-0.2, 0) is 23.2 Å². The molecular formula is C11H15N5O4. The minimum atomic E-state index is -1.15. The Kier molecular flexibility index (Phi) is 3.87. The van der Waals surface area contributed by atoms with E-state index >= 15 is 0 Å². The van der Waals surface area contributed by atoms with Gasteiger partial charge in [-0.3, -0.25) is 14.4 Å². The third kappa shape index (κ3) is 3.05. The topological polar surface area (TPSA) is 117 Å². The number of amides is 3. The van der Waals surface area contributed by atoms with Gasteiger partial charge < -0.3 is 15.7 Å². The number of aryl methyl sites for hydroxylation is 1. The Morgan fingerprint density at radius 3 is 2.95 bits per heavy atom. The zero-order valence-electron chi connectivity index (χ0n) is 10.9. The molecule has 108 valence electrons. The van der Waals surface area contributed by atoms with Gasteiger partial charge in [-0.15, -0.1) is 0 Å². The summed E-state index contributed by atoms with van der Waals surface area (Å²) in [7, 11) is 1.75. The molecule has 1 aliphatic rings. The Hall–Kier alpha value is -2.58. The second-order valence-corrected chi connectivity index (χ2v) is 4.47. The first-order valence-electron chi connectivity index (χ1n) is 5.99. The molecule has 2 rings (SSSR count). The number of hydrogen-bond donors (Lipinski definition) is 3. The normalized spacial score (nSPS) is 18.6. The highest BCUT2D eigenvalue weighted by Gasteiger charge is 2.35. The van der Waals surface area contributed by atoms with Crippen LogP contribution in [0.1, 0.15) is 5.56 Å². The number of rotatable bonds is 3. The van der Waals surface area contributed by atoms with Crippen LogP contribution in [0.25, 0.3) is 0 Å². The van der Waals surface area contributed by atoms with Crippen molar-refractivity contribution in [2.75, 3.05) is 13.1 Å². The minimum Gasteiger partial charge on any atom is -0.480 e. The maximum absolute atomic E-state index is 12.0. The van der Waals surface area contributed by atoms with E-state index in [1.54, 1.807) is 24.1 Å². The largest absolute Gasteiger partial charge is 0.480 e. The molecule has 0 saturated carbocycles. The van der Waals surface area contributed by atoms with Crippen molar-refractivity contribution in [3.63, 3.8) is 0 Å². The van der Waals surface area contributed by atoms with Crippen molar-refractivity contribution in [2.24, 2.45) is 7.05 Å². The summed E-state index contributed by atoms with van der Waals surface area (Å²) in [6.07, 6.45) is 3.33. The van der Waals surface area contributed by atoms with Crippen molar-refractivity contribution in [3.8, 4) is 0 Å². The van der Waals surface area contributed by atoms with Crippen LogP contribution in [0.4, 0.5) is 4.79 Å². The average Bonchev–Trinajstić information content (AvgIpc) is 2.81. The standard InChI is InChI=1S/C11H15N5O4/c1-15-5-7(3-14-15)2-13-11(20)16-6-9(17)12-4-8(16)10(18)19/h3,5,8H,2,4,6H2,1H3,(H,12,17)(H,13,20)(H,18,19). The number of carboxylic acids is 1. The number of aliphatic carboxylic acids is 1. The van der Waals surface area contributed by atoms with E-state index in [-0.39, 0.29) is 25.5 Å². The fourth-order valence-electron chi connectivity index (χ4n) is 1.92. The molecule has 0 aromatic carbocycles. The maximum atomic E-state index is 12.0. The minimum absolute atomic E-state index is 0.0888. The molecule has 1 fully saturated rings. The summed E-state index contributed by atoms with van der Waals surface area (Å²) >= 11 is 0. The van der Waals surface area contributed by atoms with Crippen LogP contribution < -0.4 is 10.6 Å². The predicted octanol–water partition coefficient (Wildman–Crippen LogP) is -1.49. The summed E-state index contributed by atoms with van der Waals surface area (Å²) in [6.45, 7) is -0.137. The smallest absolute Gasteiger partial charge is 0.328 e. The molecule has 9 heteroatoms. The number of piperazine rings is 1. The summed E-state index contributed by atoms with van der Waals surface area (Å²) in [6, 6.07) is -1.64. The molecule has 9 nitrogen and oxygen atoms in total. The Morgan fingerprint density at radius 1 is 1.60 bits per heavy atom. The van der Waals surface area contributed by atoms with Gasteiger partial charge in [0.1, 0.15) is 12.6 Å². The molecule has 3 amide bonds. The van der Waals surface area contributed by atoms with Crippen LogP contribution in [-0.4, -0.2) is 56.8 Å². The Bertz CT molecular complexity index is 541. The lowest BCUT2D eigenvalue weighted by Gasteiger charge is -2.32. The van der Waals surface area contributed by atoms with Crippen molar-refractivity contribution in [1.29, 1.82) is 0 Å². The van der Waals surface area contributed by atoms with Gasteiger partial charge in [-0.25, -0.2) is 9.59 Å². The number of carbonyl (C=O) groups is 3. The van der Waals surface area contributed by atoms with Gasteiger partial charge in [0.25, 0.3) is 0 Å². The van der Waals surface area contributed by atoms with Crippen molar-refractivity contribution in [3.05, 3.63) is 18.0 Å². The summed E-state index contributed by atoms with van der Waals surface area (Å²) < 4.78 is 1.59. The second kappa shape index (κ2) is 5.59. The lowest BCUT2D eigenvalue weighted by Crippen LogP contribution is -2.61. The molecule has 0 radical (unpaired) electrons. The van der Waals surface area contributed by atoms with E-state index in [0.717, 1.165) is 10.5 Å². The summed E-state index contributed by atoms with van der Waals surface area (Å²) in [5, 5.41) is 18.0. The molecule has 1 aliphatic heterocycles. The molecule has 20 heavy (non-hydrogen) atoms. The molecule has 2 heterocycles. The van der Waals surface area contributed by atoms with Crippen LogP contribution in [0, 0.1) is 0 Å². The fourth-order valence-corrected chi connectivity index (χ4v) is 1.92. The maximum Gasteiger partial charge on any atom is 0.328 e. The highest BCUT2D eigenvalue weighted by molar-refractivity contribution is 5.90. The third-order valence-corrected chi connectivity index (χ3v) is 2.93. The number of urea groups is 1. The van der Waals surface area contributed by atoms with Crippen molar-refractivity contribution < 1.29 is 19.5 Å². The first-order valence-corrected chi connectivity index (χ1v) is 5.99. The lowest BCUT2D eigenvalue weighted by molar-refractivity contribution is -0.144. The van der Waals surface area contributed by atoms with Gasteiger partial charge in [0.05, 0.1) is 6.20 Å². The molecule has 1 atom stereocenters. The predicted molar refractivity (Wildman–Crippen MR) is 66.6 cm³/mol. The van der Waals surface area contributed by atoms with Gasteiger partial charge in [0.2, 0.25) is 5.91 Å². The zero-order valence-corrected chi connectivity index (χ0v) is 10.9. The molecule has 1 aromatic rings. The van der Waals surface area contributed by atoms with E-state index in [2.05, 4.69) is 15.7 Å². The van der Waals surface area contributed by atoms with Crippen LogP contribution in [0.3, 0.4) is 0 Å². The quantitative estimate of drug-likeness (QED) is 0.624. The van der Waals surface area contributed by atoms with Crippen molar-refractivity contribution in [1.82, 2.24) is 25.3 Å². The van der Waals surface area contributed by atoms with Crippen molar-refractivity contribution in [2.45, 2.75) is 12.6 Å². The number of nitrogens with one attached hydrogen (secondary N) is 2. The number of aromatic nitrogens is 2. The fraction of sp³-hybridized carbons (Fsp3) is 0.455. The molecule has 1 aromatic heterocycles. The van der Waals surface area contributed by atoms with E-state index in [1.165, 1.54) is 0 Å². The molecule has 1 unspecified atom stereocenters. The molecular weight excluding hydrogens is 266 g/mol. The summed E-state index contributed by atoms with van der Waals surface area (Å²) in [5.41, 5.74) is 0.786. The van der Waals surface area contributed by atoms with Crippen LogP contribution in [0.5, 0.6) is 0 Å². The summed E-state index contributed by atoms with van der Waals surface area (Å²) in [4.78, 5) is 35.3. The van der Waals surface area contributed by atoms with Gasteiger partial charge in [-0.05, 0) is 0 Å². The molecule has 3 N–H and O–H groups in total. The Balaban J connectivity index is 1.98. The van der Waals surface area contributed by atoms with Gasteiger partial charge >= 0.3 is 12.0 Å². The van der Waals surface area contributed by atoms with Gasteiger partial charge in [-0.2, -0.15) is 5.10 Å². The van der Waals surface area contributed by atoms with E-state index < -0.39 is 18.0 Å². The van der Waals surface area contributed by atoms with Crippen molar-refractivity contribution >= 4 is 17.9 Å². The van der Waals surface area contributed by atoms with E-state index in [0.29, 0.717) is 0 Å². The first-order chi connectivity index (χ1) is 9.47. The van der Waals surface area contributed by atoms with Gasteiger partial charge in [-0.1, -0.05) is 0 Å². The molecule has 0 aliphatic carbocycles. The number of carbonyl (C=O) groups excluding carboxylic acids is 2. The Morgan fingerprint density at radius 2 is 2.35 bits per heavy atom. The van der Waals surface area contributed by atoms with Gasteiger partial charge in [0.15, 0.2) is 0 Å². The first kappa shape index (κ1) is 13.8. The van der Waals surface area contributed by atoms with E-state index in [1.807, 2.05) is 0 Å². The average molecular weight is 281 g/mol. The number of carboxylic acid groups (broad SMARTS) is 1. The van der Waals surface area contributed by atoms with Gasteiger partial charge in [0, 0.05) is 31.9 Å². The molecule has 0 bridgehead atoms. The van der Waals surface area contributed by atoms with Crippen LogP contribution >= 0.6 is 0 Å². The SMILES string of the molecule is Cn1cc(CNC(=O)N2CC(=O)NCC2C(=O)O)cn1. The third-order valence-electron chi connectivity index (χ3n) is 2.93. The number of hydrogen-bond acceptors (Lipinski definition) is 4. The van der Waals surface area contributed by atoms with Crippen LogP contribution in [0.2, 0.25) is 0 Å². The zero-order chi connectivity index (χ0) is 14.7. The number of nitrogens with zero attached hydrogens (tertiary/aromatic N) is 3. The second-order valence-electron chi connectivity index (χ2n) is 4.47. The van der Waals surface area contributed by atoms with E-state index in [4.69, 9.17) is 5.11 Å². The molecule has 0 spiro atoms. The Labute approximate surface area is 114 Å². The summed E-state index contributed by atoms with van der Waals surface area (Å²) in [5.74, 6) is -1.53.